The van der Waals surface area contributed by atoms with Crippen LogP contribution in [0.5, 0.6) is 5.75 Å². The molecule has 1 fully saturated rings. The molecule has 0 radical (unpaired) electrons. The lowest BCUT2D eigenvalue weighted by Crippen LogP contribution is -2.49. The quantitative estimate of drug-likeness (QED) is 0.496. The van der Waals surface area contributed by atoms with Gasteiger partial charge in [0, 0.05) is 26.2 Å². The van der Waals surface area contributed by atoms with Gasteiger partial charge in [0.05, 0.1) is 34.1 Å². The Morgan fingerprint density at radius 1 is 1.03 bits per heavy atom. The van der Waals surface area contributed by atoms with E-state index in [1.807, 2.05) is 18.7 Å². The van der Waals surface area contributed by atoms with Crippen LogP contribution in [-0.2, 0) is 16.0 Å². The number of carbonyl (C=O) groups excluding carboxylic acids is 1. The molecule has 0 bridgehead atoms. The van der Waals surface area contributed by atoms with Crippen molar-refractivity contribution >= 4 is 21.4 Å². The predicted molar refractivity (Wildman–Crippen MR) is 124 cm³/mol. The van der Waals surface area contributed by atoms with Crippen molar-refractivity contribution in [1.82, 2.24) is 4.90 Å². The Hall–Kier alpha value is -2.82. The van der Waals surface area contributed by atoms with E-state index in [4.69, 9.17) is 4.74 Å². The molecular weight excluding hydrogens is 488 g/mol. The van der Waals surface area contributed by atoms with Gasteiger partial charge in [0.2, 0.25) is 0 Å². The summed E-state index contributed by atoms with van der Waals surface area (Å²) >= 11 is 0. The number of ether oxygens (including phenoxy) is 1. The van der Waals surface area contributed by atoms with E-state index in [0.717, 1.165) is 12.1 Å². The van der Waals surface area contributed by atoms with Crippen LogP contribution in [0.25, 0.3) is 0 Å². The van der Waals surface area contributed by atoms with Crippen LogP contribution >= 0.6 is 0 Å². The van der Waals surface area contributed by atoms with Gasteiger partial charge in [0.15, 0.2) is 9.84 Å². The van der Waals surface area contributed by atoms with E-state index in [9.17, 15) is 30.8 Å². The van der Waals surface area contributed by atoms with Crippen molar-refractivity contribution in [1.29, 1.82) is 0 Å². The molecule has 0 aromatic heterocycles. The Labute approximate surface area is 202 Å². The number of methoxy groups -OCH3 is 1. The van der Waals surface area contributed by atoms with Crippen LogP contribution in [-0.4, -0.2) is 57.8 Å². The maximum absolute atomic E-state index is 13.4. The fourth-order valence-corrected chi connectivity index (χ4v) is 6.07. The maximum atomic E-state index is 13.4. The van der Waals surface area contributed by atoms with Crippen molar-refractivity contribution < 1.29 is 35.5 Å². The summed E-state index contributed by atoms with van der Waals surface area (Å²) in [6.45, 7) is 4.33. The topological polar surface area (TPSA) is 66.9 Å². The molecule has 2 aromatic rings. The summed E-state index contributed by atoms with van der Waals surface area (Å²) in [5, 5.41) is -0.517. The second kappa shape index (κ2) is 10.4. The first-order chi connectivity index (χ1) is 16.4. The van der Waals surface area contributed by atoms with E-state index in [1.54, 1.807) is 12.1 Å². The molecule has 0 spiro atoms. The van der Waals surface area contributed by atoms with Crippen molar-refractivity contribution in [3.63, 3.8) is 0 Å². The molecule has 1 amide bonds. The lowest BCUT2D eigenvalue weighted by molar-refractivity contribution is -0.138. The summed E-state index contributed by atoms with van der Waals surface area (Å²) in [6.07, 6.45) is -3.92. The first kappa shape index (κ1) is 26.8. The van der Waals surface area contributed by atoms with Crippen molar-refractivity contribution in [2.75, 3.05) is 38.2 Å². The molecule has 35 heavy (non-hydrogen) atoms. The number of nitrogens with zero attached hydrogens (tertiary/aromatic N) is 2. The Morgan fingerprint density at radius 2 is 1.66 bits per heavy atom. The third-order valence-corrected chi connectivity index (χ3v) is 8.71. The number of benzene rings is 2. The van der Waals surface area contributed by atoms with Gasteiger partial charge in [-0.25, -0.2) is 12.8 Å². The van der Waals surface area contributed by atoms with E-state index in [2.05, 4.69) is 0 Å². The zero-order valence-corrected chi connectivity index (χ0v) is 20.5. The van der Waals surface area contributed by atoms with Crippen LogP contribution in [0.2, 0.25) is 0 Å². The van der Waals surface area contributed by atoms with Gasteiger partial charge < -0.3 is 14.5 Å². The van der Waals surface area contributed by atoms with Gasteiger partial charge >= 0.3 is 6.18 Å². The number of carbonyl (C=O) groups is 1. The first-order valence-electron chi connectivity index (χ1n) is 11.3. The number of rotatable bonds is 7. The number of hydrogen-bond donors (Lipinski definition) is 0. The van der Waals surface area contributed by atoms with Gasteiger partial charge in [-0.05, 0) is 49.2 Å². The fraction of sp³-hybridized carbons (Fsp3) is 0.458. The molecular formula is C24H28F4N2O4S. The zero-order chi connectivity index (χ0) is 26.0. The van der Waals surface area contributed by atoms with Crippen molar-refractivity contribution in [2.45, 2.75) is 43.0 Å². The third-order valence-electron chi connectivity index (χ3n) is 6.25. The molecule has 192 valence electrons. The standard InChI is InChI=1S/C24H28F4N2O4S/c1-4-17(5-2)35(32,33)18-7-9-22(34-3)21(15-18)29-10-12-30(13-11-29)23(31)19-8-6-16(25)14-20(19)24(26,27)28/h6-9,14-15,17H,4-5,10-13H2,1-3H3. The van der Waals surface area contributed by atoms with Crippen LogP contribution in [0.15, 0.2) is 41.3 Å². The Balaban J connectivity index is 1.84. The minimum atomic E-state index is -4.87. The predicted octanol–water partition coefficient (Wildman–Crippen LogP) is 4.78. The van der Waals surface area contributed by atoms with Crippen LogP contribution in [0.3, 0.4) is 0 Å². The lowest BCUT2D eigenvalue weighted by atomic mass is 10.0. The second-order valence-corrected chi connectivity index (χ2v) is 10.5. The number of hydrogen-bond acceptors (Lipinski definition) is 5. The minimum absolute atomic E-state index is 0.0974. The molecule has 11 heteroatoms. The molecule has 6 nitrogen and oxygen atoms in total. The zero-order valence-electron chi connectivity index (χ0n) is 19.7. The Morgan fingerprint density at radius 3 is 2.20 bits per heavy atom. The number of halogens is 4. The van der Waals surface area contributed by atoms with Crippen molar-refractivity contribution in [2.24, 2.45) is 0 Å². The number of anilines is 1. The SMILES string of the molecule is CCC(CC)S(=O)(=O)c1ccc(OC)c(N2CCN(C(=O)c3ccc(F)cc3C(F)(F)F)CC2)c1. The monoisotopic (exact) mass is 516 g/mol. The lowest BCUT2D eigenvalue weighted by Gasteiger charge is -2.37. The summed E-state index contributed by atoms with van der Waals surface area (Å²) in [6, 6.07) is 6.63. The number of sulfone groups is 1. The highest BCUT2D eigenvalue weighted by Gasteiger charge is 2.37. The summed E-state index contributed by atoms with van der Waals surface area (Å²) in [7, 11) is -2.09. The summed E-state index contributed by atoms with van der Waals surface area (Å²) in [5.74, 6) is -1.46. The van der Waals surface area contributed by atoms with E-state index in [0.29, 0.717) is 30.3 Å². The van der Waals surface area contributed by atoms with Crippen molar-refractivity contribution in [3.8, 4) is 5.75 Å². The number of alkyl halides is 3. The molecule has 2 aromatic carbocycles. The minimum Gasteiger partial charge on any atom is -0.495 e. The first-order valence-corrected chi connectivity index (χ1v) is 12.8. The van der Waals surface area contributed by atoms with Gasteiger partial charge in [0.25, 0.3) is 5.91 Å². The smallest absolute Gasteiger partial charge is 0.417 e. The summed E-state index contributed by atoms with van der Waals surface area (Å²) in [4.78, 5) is 16.1. The van der Waals surface area contributed by atoms with E-state index >= 15 is 0 Å². The van der Waals surface area contributed by atoms with E-state index < -0.39 is 44.1 Å². The van der Waals surface area contributed by atoms with Gasteiger partial charge in [0.1, 0.15) is 11.6 Å². The summed E-state index contributed by atoms with van der Waals surface area (Å²) < 4.78 is 85.0. The maximum Gasteiger partial charge on any atom is 0.417 e. The van der Waals surface area contributed by atoms with Gasteiger partial charge in [-0.3, -0.25) is 4.79 Å². The van der Waals surface area contributed by atoms with E-state index in [1.165, 1.54) is 18.1 Å². The number of piperazine rings is 1. The fourth-order valence-electron chi connectivity index (χ4n) is 4.27. The molecule has 0 saturated carbocycles. The molecule has 0 N–H and O–H groups in total. The third kappa shape index (κ3) is 5.55. The van der Waals surface area contributed by atoms with Gasteiger partial charge in [-0.2, -0.15) is 13.2 Å². The molecule has 3 rings (SSSR count). The van der Waals surface area contributed by atoms with Crippen molar-refractivity contribution in [3.05, 3.63) is 53.3 Å². The second-order valence-electron chi connectivity index (χ2n) is 8.28. The van der Waals surface area contributed by atoms with Crippen LogP contribution in [0, 0.1) is 5.82 Å². The molecule has 0 aliphatic carbocycles. The molecule has 1 aliphatic heterocycles. The normalized spacial score (nSPS) is 15.0. The van der Waals surface area contributed by atoms with Gasteiger partial charge in [-0.1, -0.05) is 13.8 Å². The van der Waals surface area contributed by atoms with Crippen LogP contribution in [0.4, 0.5) is 23.2 Å². The average Bonchev–Trinajstić information content (AvgIpc) is 2.83. The molecule has 0 unspecified atom stereocenters. The summed E-state index contributed by atoms with van der Waals surface area (Å²) in [5.41, 5.74) is -1.39. The van der Waals surface area contributed by atoms with Crippen LogP contribution < -0.4 is 9.64 Å². The van der Waals surface area contributed by atoms with Crippen LogP contribution in [0.1, 0.15) is 42.6 Å². The van der Waals surface area contributed by atoms with Gasteiger partial charge in [-0.15, -0.1) is 0 Å². The highest BCUT2D eigenvalue weighted by molar-refractivity contribution is 7.92. The number of amides is 1. The molecule has 1 saturated heterocycles. The molecule has 1 aliphatic rings. The highest BCUT2D eigenvalue weighted by Crippen LogP contribution is 2.35. The Kier molecular flexibility index (Phi) is 7.98. The highest BCUT2D eigenvalue weighted by atomic mass is 32.2. The average molecular weight is 517 g/mol. The largest absolute Gasteiger partial charge is 0.495 e. The molecule has 1 heterocycles. The Bertz CT molecular complexity index is 1170. The van der Waals surface area contributed by atoms with E-state index in [-0.39, 0.29) is 31.1 Å². The molecule has 0 atom stereocenters.